The van der Waals surface area contributed by atoms with E-state index in [4.69, 9.17) is 0 Å². The van der Waals surface area contributed by atoms with E-state index in [-0.39, 0.29) is 45.4 Å². The first-order valence-corrected chi connectivity index (χ1v) is 4.52. The number of halogens is 1. The molecule has 4 heteroatoms. The Bertz CT molecular complexity index is 6.00. The number of hydrogen-bond donors (Lipinski definition) is 0. The fourth-order valence-electron chi connectivity index (χ4n) is 0. The van der Waals surface area contributed by atoms with E-state index in [1.807, 2.05) is 19.0 Å². The van der Waals surface area contributed by atoms with Gasteiger partial charge in [0, 0.05) is 45.4 Å². The van der Waals surface area contributed by atoms with Gasteiger partial charge in [-0.05, 0) is 0 Å². The molecule has 0 spiro atoms. The van der Waals surface area contributed by atoms with Crippen molar-refractivity contribution < 1.29 is 39.6 Å². The van der Waals surface area contributed by atoms with Crippen LogP contribution >= 0.6 is 19.0 Å². The second-order valence-corrected chi connectivity index (χ2v) is 0. The van der Waals surface area contributed by atoms with Gasteiger partial charge in [0.25, 0.3) is 0 Å². The second kappa shape index (κ2) is 16.7. The predicted octanol–water partition coefficient (Wildman–Crippen LogP) is 0.500. The van der Waals surface area contributed by atoms with E-state index in [0.717, 1.165) is 0 Å². The van der Waals surface area contributed by atoms with E-state index in [1.165, 1.54) is 0 Å². The van der Waals surface area contributed by atoms with Crippen LogP contribution in [0.5, 0.6) is 0 Å². The molecule has 0 aliphatic heterocycles. The molecule has 0 aliphatic rings. The Morgan fingerprint density at radius 1 is 1.25 bits per heavy atom. The van der Waals surface area contributed by atoms with Crippen molar-refractivity contribution in [3.63, 3.8) is 0 Å². The van der Waals surface area contributed by atoms with Crippen LogP contribution in [-0.4, -0.2) is 23.1 Å². The summed E-state index contributed by atoms with van der Waals surface area (Å²) in [4.78, 5) is 0. The van der Waals surface area contributed by atoms with Crippen LogP contribution in [0.2, 0.25) is 0 Å². The summed E-state index contributed by atoms with van der Waals surface area (Å²) in [6.07, 6.45) is 0. The van der Waals surface area contributed by atoms with Crippen molar-refractivity contribution in [1.29, 1.82) is 0 Å². The van der Waals surface area contributed by atoms with Gasteiger partial charge in [-0.15, -0.1) is 0 Å². The minimum atomic E-state index is 0. The molecular formula is Ag2IMg. The molecule has 0 aromatic carbocycles. The van der Waals surface area contributed by atoms with Crippen molar-refractivity contribution in [2.75, 3.05) is 0 Å². The third kappa shape index (κ3) is 8.88. The Morgan fingerprint density at radius 2 is 1.25 bits per heavy atom. The van der Waals surface area contributed by atoms with E-state index in [0.29, 0.717) is 0 Å². The van der Waals surface area contributed by atoms with Crippen LogP contribution in [0.15, 0.2) is 0 Å². The predicted molar refractivity (Wildman–Crippen MR) is 19.8 cm³/mol. The maximum atomic E-state index is 2.92. The quantitative estimate of drug-likeness (QED) is 0.432. The molecular weight excluding hydrogens is 367 g/mol. The summed E-state index contributed by atoms with van der Waals surface area (Å²) in [7, 11) is 0. The third-order valence-corrected chi connectivity index (χ3v) is 0. The fourth-order valence-corrected chi connectivity index (χ4v) is 0. The minimum absolute atomic E-state index is 0. The molecule has 4 heavy (non-hydrogen) atoms. The first kappa shape index (κ1) is 15.8. The van der Waals surface area contributed by atoms with Crippen LogP contribution < -0.4 is 0 Å². The maximum absolute atomic E-state index is 2.92. The third-order valence-electron chi connectivity index (χ3n) is 0. The van der Waals surface area contributed by atoms with Crippen LogP contribution in [0.1, 0.15) is 0 Å². The Labute approximate surface area is 80.0 Å². The molecule has 0 amide bonds. The van der Waals surface area contributed by atoms with Crippen molar-refractivity contribution in [1.82, 2.24) is 0 Å². The molecule has 0 nitrogen and oxygen atoms in total. The van der Waals surface area contributed by atoms with Crippen molar-refractivity contribution in [2.45, 2.75) is 0 Å². The van der Waals surface area contributed by atoms with Gasteiger partial charge in [0.15, 0.2) is 0 Å². The van der Waals surface area contributed by atoms with Gasteiger partial charge in [-0.2, -0.15) is 0 Å². The molecule has 31 valence electrons. The summed E-state index contributed by atoms with van der Waals surface area (Å²) < 4.78 is 0. The van der Waals surface area contributed by atoms with E-state index in [9.17, 15) is 0 Å². The van der Waals surface area contributed by atoms with Crippen molar-refractivity contribution >= 4 is 42.1 Å². The van der Waals surface area contributed by atoms with Gasteiger partial charge < -0.3 is 0 Å². The van der Waals surface area contributed by atoms with E-state index >= 15 is 0 Å². The monoisotopic (exact) mass is 365 g/mol. The molecule has 0 aliphatic carbocycles. The summed E-state index contributed by atoms with van der Waals surface area (Å²) in [6, 6.07) is 0. The molecule has 0 aromatic heterocycles. The first-order valence-electron chi connectivity index (χ1n) is 0.114. The summed E-state index contributed by atoms with van der Waals surface area (Å²) in [5.74, 6) is 0. The molecule has 0 saturated heterocycles. The first-order chi connectivity index (χ1) is 1.00. The number of rotatable bonds is 0. The second-order valence-electron chi connectivity index (χ2n) is 0. The van der Waals surface area contributed by atoms with Crippen molar-refractivity contribution in [2.24, 2.45) is 0 Å². The zero-order valence-corrected chi connectivity index (χ0v) is 8.22. The van der Waals surface area contributed by atoms with Gasteiger partial charge in [0.2, 0.25) is 0 Å². The van der Waals surface area contributed by atoms with Gasteiger partial charge in [-0.3, -0.25) is 0 Å². The van der Waals surface area contributed by atoms with Crippen LogP contribution in [0.25, 0.3) is 0 Å². The minimum Gasteiger partial charge on any atom is 0 e. The Morgan fingerprint density at radius 3 is 1.25 bits per heavy atom. The molecule has 3 radical (unpaired) electrons. The topological polar surface area (TPSA) is 0 Å². The van der Waals surface area contributed by atoms with Crippen molar-refractivity contribution in [3.05, 3.63) is 0 Å². The molecule has 0 aromatic rings. The summed E-state index contributed by atoms with van der Waals surface area (Å²) in [5, 5.41) is 0. The van der Waals surface area contributed by atoms with Gasteiger partial charge in [-0.1, -0.05) is 0 Å². The zero-order chi connectivity index (χ0) is 2.00. The van der Waals surface area contributed by atoms with Crippen LogP contribution in [0.4, 0.5) is 0 Å². The van der Waals surface area contributed by atoms with Gasteiger partial charge in [0.1, 0.15) is 0 Å². The largest absolute Gasteiger partial charge is 0 e. The molecule has 0 heterocycles. The van der Waals surface area contributed by atoms with Crippen molar-refractivity contribution in [3.8, 4) is 0 Å². The Hall–Kier alpha value is 2.98. The summed E-state index contributed by atoms with van der Waals surface area (Å²) in [5.41, 5.74) is 0. The van der Waals surface area contributed by atoms with Gasteiger partial charge >= 0.3 is 36.3 Å². The average molecular weight is 367 g/mol. The fraction of sp³-hybridized carbons (Fsp3) is 0. The Kier molecular flexibility index (Phi) is 65.8. The van der Waals surface area contributed by atoms with Gasteiger partial charge in [0.05, 0.1) is 0 Å². The van der Waals surface area contributed by atoms with Crippen LogP contribution in [0.3, 0.4) is 0 Å². The Balaban J connectivity index is -0.00000000500. The normalized spacial score (nSPS) is 1.75. The maximum Gasteiger partial charge on any atom is 0 e. The van der Waals surface area contributed by atoms with Gasteiger partial charge in [-0.25, -0.2) is 0 Å². The van der Waals surface area contributed by atoms with E-state index in [2.05, 4.69) is 17.3 Å². The zero-order valence-electron chi connectivity index (χ0n) is 1.69. The smallest absolute Gasteiger partial charge is 0 e. The molecule has 0 rings (SSSR count). The average Bonchev–Trinajstić information content (AvgIpc) is 1.00. The standard InChI is InChI=1S/2Ag.HI.Mg/h;;1H;/q;+1;;/p-1. The van der Waals surface area contributed by atoms with Crippen LogP contribution in [-0.2, 0) is 39.6 Å². The van der Waals surface area contributed by atoms with E-state index in [1.54, 1.807) is 0 Å². The molecule has 0 saturated carbocycles. The van der Waals surface area contributed by atoms with Crippen LogP contribution in [0, 0.1) is 0 Å². The molecule has 0 unspecified atom stereocenters. The van der Waals surface area contributed by atoms with E-state index < -0.39 is 0 Å². The molecule has 0 N–H and O–H groups in total. The molecule has 0 atom stereocenters. The molecule has 0 fully saturated rings. The summed E-state index contributed by atoms with van der Waals surface area (Å²) in [6.45, 7) is 0. The number of hydrogen-bond acceptors (Lipinski definition) is 0. The SMILES string of the molecule is [Ag].[Ag][I].[Mg]. The molecule has 0 bridgehead atoms. The summed E-state index contributed by atoms with van der Waals surface area (Å²) >= 11 is 4.88.